The molecule has 0 saturated heterocycles. The number of benzene rings is 1. The highest BCUT2D eigenvalue weighted by atomic mass is 16.5. The lowest BCUT2D eigenvalue weighted by molar-refractivity contribution is -0.141. The van der Waals surface area contributed by atoms with E-state index < -0.39 is 0 Å². The van der Waals surface area contributed by atoms with Gasteiger partial charge in [-0.25, -0.2) is 0 Å². The monoisotopic (exact) mass is 267 g/mol. The van der Waals surface area contributed by atoms with Crippen LogP contribution in [0.2, 0.25) is 0 Å². The lowest BCUT2D eigenvalue weighted by atomic mass is 10.0. The van der Waals surface area contributed by atoms with Gasteiger partial charge in [-0.15, -0.1) is 0 Å². The second-order valence-electron chi connectivity index (χ2n) is 4.00. The third-order valence-corrected chi connectivity index (χ3v) is 2.87. The molecule has 0 aliphatic carbocycles. The van der Waals surface area contributed by atoms with Gasteiger partial charge >= 0.3 is 5.97 Å². The molecule has 1 rings (SSSR count). The SMILES string of the molecule is CCNC(CC(=O)OC)c1ccc(OC)cc1OC. The second-order valence-corrected chi connectivity index (χ2v) is 4.00. The maximum atomic E-state index is 11.5. The molecule has 1 N–H and O–H groups in total. The van der Waals surface area contributed by atoms with Gasteiger partial charge in [-0.3, -0.25) is 4.79 Å². The van der Waals surface area contributed by atoms with Gasteiger partial charge in [0, 0.05) is 17.7 Å². The van der Waals surface area contributed by atoms with Gasteiger partial charge in [0.05, 0.1) is 27.8 Å². The summed E-state index contributed by atoms with van der Waals surface area (Å²) in [5, 5.41) is 3.25. The Morgan fingerprint density at radius 2 is 2.00 bits per heavy atom. The predicted octanol–water partition coefficient (Wildman–Crippen LogP) is 1.92. The van der Waals surface area contributed by atoms with E-state index in [2.05, 4.69) is 5.32 Å². The van der Waals surface area contributed by atoms with Crippen molar-refractivity contribution in [3.63, 3.8) is 0 Å². The molecule has 0 aliphatic rings. The summed E-state index contributed by atoms with van der Waals surface area (Å²) in [7, 11) is 4.58. The molecule has 5 nitrogen and oxygen atoms in total. The third kappa shape index (κ3) is 4.13. The largest absolute Gasteiger partial charge is 0.497 e. The Kier molecular flexibility index (Phi) is 6.15. The van der Waals surface area contributed by atoms with E-state index in [9.17, 15) is 4.79 Å². The minimum Gasteiger partial charge on any atom is -0.497 e. The standard InChI is InChI=1S/C14H21NO4/c1-5-15-12(9-14(16)19-4)11-7-6-10(17-2)8-13(11)18-3/h6-8,12,15H,5,9H2,1-4H3. The second kappa shape index (κ2) is 7.63. The summed E-state index contributed by atoms with van der Waals surface area (Å²) in [6.45, 7) is 2.73. The molecule has 1 unspecified atom stereocenters. The van der Waals surface area contributed by atoms with Crippen molar-refractivity contribution in [2.75, 3.05) is 27.9 Å². The minimum atomic E-state index is -0.260. The van der Waals surface area contributed by atoms with Crippen molar-refractivity contribution >= 4 is 5.97 Å². The summed E-state index contributed by atoms with van der Waals surface area (Å²) in [4.78, 5) is 11.5. The van der Waals surface area contributed by atoms with E-state index in [1.807, 2.05) is 19.1 Å². The Morgan fingerprint density at radius 3 is 2.53 bits per heavy atom. The molecule has 0 amide bonds. The van der Waals surface area contributed by atoms with Crippen LogP contribution in [0.5, 0.6) is 11.5 Å². The number of carbonyl (C=O) groups is 1. The molecule has 1 aromatic rings. The van der Waals surface area contributed by atoms with Gasteiger partial charge in [0.1, 0.15) is 11.5 Å². The molecule has 106 valence electrons. The lowest BCUT2D eigenvalue weighted by Crippen LogP contribution is -2.24. The van der Waals surface area contributed by atoms with E-state index in [4.69, 9.17) is 14.2 Å². The summed E-state index contributed by atoms with van der Waals surface area (Å²) in [6, 6.07) is 5.41. The van der Waals surface area contributed by atoms with Crippen LogP contribution in [0.3, 0.4) is 0 Å². The molecule has 5 heteroatoms. The van der Waals surface area contributed by atoms with Gasteiger partial charge in [0.25, 0.3) is 0 Å². The molecular weight excluding hydrogens is 246 g/mol. The van der Waals surface area contributed by atoms with Gasteiger partial charge < -0.3 is 19.5 Å². The van der Waals surface area contributed by atoms with Crippen LogP contribution in [0, 0.1) is 0 Å². The molecule has 0 heterocycles. The van der Waals surface area contributed by atoms with Crippen molar-refractivity contribution in [3.05, 3.63) is 23.8 Å². The van der Waals surface area contributed by atoms with E-state index in [-0.39, 0.29) is 18.4 Å². The number of rotatable bonds is 7. The van der Waals surface area contributed by atoms with Crippen molar-refractivity contribution in [1.29, 1.82) is 0 Å². The molecule has 0 fully saturated rings. The van der Waals surface area contributed by atoms with Gasteiger partial charge in [-0.2, -0.15) is 0 Å². The summed E-state index contributed by atoms with van der Waals surface area (Å²) in [5.41, 5.74) is 0.913. The normalized spacial score (nSPS) is 11.8. The van der Waals surface area contributed by atoms with Crippen LogP contribution in [0.25, 0.3) is 0 Å². The predicted molar refractivity (Wildman–Crippen MR) is 72.6 cm³/mol. The zero-order valence-corrected chi connectivity index (χ0v) is 11.9. The number of nitrogens with one attached hydrogen (secondary N) is 1. The van der Waals surface area contributed by atoms with E-state index in [0.29, 0.717) is 11.5 Å². The first-order valence-electron chi connectivity index (χ1n) is 6.18. The van der Waals surface area contributed by atoms with Crippen LogP contribution >= 0.6 is 0 Å². The zero-order valence-electron chi connectivity index (χ0n) is 11.9. The molecule has 0 bridgehead atoms. The van der Waals surface area contributed by atoms with Crippen LogP contribution in [-0.2, 0) is 9.53 Å². The number of esters is 1. The van der Waals surface area contributed by atoms with Crippen LogP contribution < -0.4 is 14.8 Å². The fourth-order valence-electron chi connectivity index (χ4n) is 1.89. The molecule has 0 spiro atoms. The molecule has 0 radical (unpaired) electrons. The quantitative estimate of drug-likeness (QED) is 0.765. The van der Waals surface area contributed by atoms with E-state index >= 15 is 0 Å². The zero-order chi connectivity index (χ0) is 14.3. The molecule has 0 saturated carbocycles. The first kappa shape index (κ1) is 15.3. The minimum absolute atomic E-state index is 0.140. The van der Waals surface area contributed by atoms with Crippen LogP contribution in [-0.4, -0.2) is 33.8 Å². The summed E-state index contributed by atoms with van der Waals surface area (Å²) in [6.07, 6.45) is 0.257. The average molecular weight is 267 g/mol. The molecular formula is C14H21NO4. The number of hydrogen-bond donors (Lipinski definition) is 1. The van der Waals surface area contributed by atoms with Gasteiger partial charge in [0.2, 0.25) is 0 Å². The number of ether oxygens (including phenoxy) is 3. The molecule has 1 aromatic carbocycles. The summed E-state index contributed by atoms with van der Waals surface area (Å²) < 4.78 is 15.2. The van der Waals surface area contributed by atoms with E-state index in [0.717, 1.165) is 12.1 Å². The highest BCUT2D eigenvalue weighted by Crippen LogP contribution is 2.31. The van der Waals surface area contributed by atoms with Crippen LogP contribution in [0.4, 0.5) is 0 Å². The van der Waals surface area contributed by atoms with Crippen LogP contribution in [0.15, 0.2) is 18.2 Å². The average Bonchev–Trinajstić information content (AvgIpc) is 2.45. The fraction of sp³-hybridized carbons (Fsp3) is 0.500. The number of hydrogen-bond acceptors (Lipinski definition) is 5. The molecule has 0 aromatic heterocycles. The fourth-order valence-corrected chi connectivity index (χ4v) is 1.89. The first-order valence-corrected chi connectivity index (χ1v) is 6.18. The van der Waals surface area contributed by atoms with Crippen molar-refractivity contribution in [2.45, 2.75) is 19.4 Å². The van der Waals surface area contributed by atoms with Gasteiger partial charge in [-0.1, -0.05) is 13.0 Å². The Hall–Kier alpha value is -1.75. The Balaban J connectivity index is 3.03. The maximum Gasteiger partial charge on any atom is 0.307 e. The molecule has 1 atom stereocenters. The third-order valence-electron chi connectivity index (χ3n) is 2.87. The first-order chi connectivity index (χ1) is 9.15. The van der Waals surface area contributed by atoms with E-state index in [1.54, 1.807) is 20.3 Å². The highest BCUT2D eigenvalue weighted by Gasteiger charge is 2.19. The Labute approximate surface area is 113 Å². The Bertz CT molecular complexity index is 420. The summed E-state index contributed by atoms with van der Waals surface area (Å²) >= 11 is 0. The van der Waals surface area contributed by atoms with Gasteiger partial charge in [0.15, 0.2) is 0 Å². The number of methoxy groups -OCH3 is 3. The highest BCUT2D eigenvalue weighted by molar-refractivity contribution is 5.70. The van der Waals surface area contributed by atoms with Crippen LogP contribution in [0.1, 0.15) is 24.9 Å². The van der Waals surface area contributed by atoms with Gasteiger partial charge in [-0.05, 0) is 12.6 Å². The molecule has 0 aliphatic heterocycles. The van der Waals surface area contributed by atoms with Crippen molar-refractivity contribution < 1.29 is 19.0 Å². The topological polar surface area (TPSA) is 56.8 Å². The van der Waals surface area contributed by atoms with E-state index in [1.165, 1.54) is 7.11 Å². The smallest absolute Gasteiger partial charge is 0.307 e. The molecule has 19 heavy (non-hydrogen) atoms. The lowest BCUT2D eigenvalue weighted by Gasteiger charge is -2.20. The number of carbonyl (C=O) groups excluding carboxylic acids is 1. The van der Waals surface area contributed by atoms with Crippen molar-refractivity contribution in [3.8, 4) is 11.5 Å². The maximum absolute atomic E-state index is 11.5. The Morgan fingerprint density at radius 1 is 1.26 bits per heavy atom. The summed E-state index contributed by atoms with van der Waals surface area (Å²) in [5.74, 6) is 1.15. The van der Waals surface area contributed by atoms with Crippen molar-refractivity contribution in [1.82, 2.24) is 5.32 Å². The van der Waals surface area contributed by atoms with Crippen molar-refractivity contribution in [2.24, 2.45) is 0 Å².